The molecule has 76 valence electrons. The van der Waals surface area contributed by atoms with Gasteiger partial charge in [0.15, 0.2) is 0 Å². The van der Waals surface area contributed by atoms with Crippen LogP contribution in [0.2, 0.25) is 0 Å². The lowest BCUT2D eigenvalue weighted by Gasteiger charge is -2.10. The van der Waals surface area contributed by atoms with Crippen molar-refractivity contribution in [2.75, 3.05) is 0 Å². The van der Waals surface area contributed by atoms with Crippen LogP contribution in [0.4, 0.5) is 8.78 Å². The summed E-state index contributed by atoms with van der Waals surface area (Å²) in [5.41, 5.74) is 7.43. The lowest BCUT2D eigenvalue weighted by molar-refractivity contribution is 0.149. The van der Waals surface area contributed by atoms with Gasteiger partial charge >= 0.3 is 0 Å². The molecular weight excluding hydrogens is 184 g/mol. The van der Waals surface area contributed by atoms with Crippen LogP contribution in [-0.2, 0) is 12.0 Å². The monoisotopic (exact) mass is 197 g/mol. The summed E-state index contributed by atoms with van der Waals surface area (Å²) in [4.78, 5) is 0. The second-order valence-electron chi connectivity index (χ2n) is 3.95. The van der Waals surface area contributed by atoms with E-state index in [2.05, 4.69) is 0 Å². The van der Waals surface area contributed by atoms with E-state index in [1.165, 1.54) is 0 Å². The molecule has 1 aliphatic rings. The first kappa shape index (κ1) is 9.59. The van der Waals surface area contributed by atoms with Crippen molar-refractivity contribution in [2.24, 2.45) is 5.73 Å². The third-order valence-corrected chi connectivity index (χ3v) is 2.68. The summed E-state index contributed by atoms with van der Waals surface area (Å²) < 4.78 is 24.3. The normalized spacial score (nSPS) is 18.6. The summed E-state index contributed by atoms with van der Waals surface area (Å²) in [7, 11) is 0. The summed E-state index contributed by atoms with van der Waals surface area (Å²) in [5, 5.41) is 0. The molecular formula is C11H13F2N. The van der Waals surface area contributed by atoms with Crippen molar-refractivity contribution in [3.05, 3.63) is 35.4 Å². The van der Waals surface area contributed by atoms with Gasteiger partial charge in [0.25, 0.3) is 0 Å². The van der Waals surface area contributed by atoms with Crippen LogP contribution in [0.5, 0.6) is 0 Å². The molecule has 1 aromatic carbocycles. The van der Waals surface area contributed by atoms with Crippen LogP contribution in [-0.4, -0.2) is 6.43 Å². The number of hydrogen-bond donors (Lipinski definition) is 1. The van der Waals surface area contributed by atoms with E-state index in [0.717, 1.165) is 18.4 Å². The Labute approximate surface area is 81.9 Å². The highest BCUT2D eigenvalue weighted by Crippen LogP contribution is 2.42. The average molecular weight is 197 g/mol. The minimum atomic E-state index is -2.28. The summed E-state index contributed by atoms with van der Waals surface area (Å²) >= 11 is 0. The molecule has 1 nitrogen and oxygen atoms in total. The standard InChI is InChI=1S/C11H13F2N/c12-10(13)7-8-2-1-3-9(6-8)11(14)4-5-11/h1-3,6,10H,4-5,7,14H2. The molecule has 0 amide bonds. The lowest BCUT2D eigenvalue weighted by Crippen LogP contribution is -2.18. The summed E-state index contributed by atoms with van der Waals surface area (Å²) in [5.74, 6) is 0. The van der Waals surface area contributed by atoms with E-state index in [1.807, 2.05) is 6.07 Å². The topological polar surface area (TPSA) is 26.0 Å². The average Bonchev–Trinajstić information content (AvgIpc) is 2.84. The summed E-state index contributed by atoms with van der Waals surface area (Å²) in [6.07, 6.45) is -0.529. The predicted molar refractivity (Wildman–Crippen MR) is 51.2 cm³/mol. The van der Waals surface area contributed by atoms with Gasteiger partial charge in [0.05, 0.1) is 0 Å². The number of alkyl halides is 2. The van der Waals surface area contributed by atoms with Crippen LogP contribution in [0.1, 0.15) is 24.0 Å². The van der Waals surface area contributed by atoms with Crippen LogP contribution < -0.4 is 5.73 Å². The third-order valence-electron chi connectivity index (χ3n) is 2.68. The number of nitrogens with two attached hydrogens (primary N) is 1. The fraction of sp³-hybridized carbons (Fsp3) is 0.455. The van der Waals surface area contributed by atoms with Gasteiger partial charge < -0.3 is 5.73 Å². The summed E-state index contributed by atoms with van der Waals surface area (Å²) in [6.45, 7) is 0. The Morgan fingerprint density at radius 3 is 2.64 bits per heavy atom. The van der Waals surface area contributed by atoms with E-state index < -0.39 is 6.43 Å². The van der Waals surface area contributed by atoms with Crippen molar-refractivity contribution in [3.63, 3.8) is 0 Å². The molecule has 0 spiro atoms. The minimum absolute atomic E-state index is 0.177. The minimum Gasteiger partial charge on any atom is -0.321 e. The molecule has 0 heterocycles. The van der Waals surface area contributed by atoms with E-state index in [4.69, 9.17) is 5.73 Å². The van der Waals surface area contributed by atoms with Crippen molar-refractivity contribution in [1.82, 2.24) is 0 Å². The van der Waals surface area contributed by atoms with E-state index in [1.54, 1.807) is 18.2 Å². The molecule has 0 bridgehead atoms. The van der Waals surface area contributed by atoms with Gasteiger partial charge in [0, 0.05) is 12.0 Å². The quantitative estimate of drug-likeness (QED) is 0.791. The molecule has 0 unspecified atom stereocenters. The molecule has 1 fully saturated rings. The maximum absolute atomic E-state index is 12.1. The molecule has 0 atom stereocenters. The van der Waals surface area contributed by atoms with Gasteiger partial charge in [-0.3, -0.25) is 0 Å². The second kappa shape index (κ2) is 3.31. The van der Waals surface area contributed by atoms with Gasteiger partial charge in [0.2, 0.25) is 6.43 Å². The van der Waals surface area contributed by atoms with E-state index in [0.29, 0.717) is 5.56 Å². The highest BCUT2D eigenvalue weighted by molar-refractivity contribution is 5.33. The van der Waals surface area contributed by atoms with E-state index >= 15 is 0 Å². The Hall–Kier alpha value is -0.960. The second-order valence-corrected chi connectivity index (χ2v) is 3.95. The van der Waals surface area contributed by atoms with E-state index in [-0.39, 0.29) is 12.0 Å². The Bertz CT molecular complexity index is 332. The molecule has 0 saturated heterocycles. The zero-order valence-electron chi connectivity index (χ0n) is 7.84. The molecule has 2 rings (SSSR count). The Kier molecular flexibility index (Phi) is 2.27. The van der Waals surface area contributed by atoms with Crippen LogP contribution in [0.3, 0.4) is 0 Å². The van der Waals surface area contributed by atoms with Gasteiger partial charge in [-0.15, -0.1) is 0 Å². The molecule has 3 heteroatoms. The highest BCUT2D eigenvalue weighted by Gasteiger charge is 2.39. The first-order valence-corrected chi connectivity index (χ1v) is 4.77. The molecule has 0 radical (unpaired) electrons. The zero-order valence-corrected chi connectivity index (χ0v) is 7.84. The van der Waals surface area contributed by atoms with E-state index in [9.17, 15) is 8.78 Å². The number of hydrogen-bond acceptors (Lipinski definition) is 1. The van der Waals surface area contributed by atoms with Crippen molar-refractivity contribution in [3.8, 4) is 0 Å². The molecule has 2 N–H and O–H groups in total. The molecule has 0 aliphatic heterocycles. The van der Waals surface area contributed by atoms with Crippen molar-refractivity contribution in [1.29, 1.82) is 0 Å². The first-order valence-electron chi connectivity index (χ1n) is 4.77. The Balaban J connectivity index is 2.19. The SMILES string of the molecule is NC1(c2cccc(CC(F)F)c2)CC1. The van der Waals surface area contributed by atoms with Crippen molar-refractivity contribution in [2.45, 2.75) is 31.2 Å². The van der Waals surface area contributed by atoms with Crippen molar-refractivity contribution < 1.29 is 8.78 Å². The maximum atomic E-state index is 12.1. The fourth-order valence-electron chi connectivity index (χ4n) is 1.61. The Morgan fingerprint density at radius 1 is 1.36 bits per heavy atom. The number of benzene rings is 1. The fourth-order valence-corrected chi connectivity index (χ4v) is 1.61. The largest absolute Gasteiger partial charge is 0.321 e. The van der Waals surface area contributed by atoms with Gasteiger partial charge in [-0.25, -0.2) is 8.78 Å². The maximum Gasteiger partial charge on any atom is 0.242 e. The van der Waals surface area contributed by atoms with Crippen molar-refractivity contribution >= 4 is 0 Å². The third kappa shape index (κ3) is 1.93. The molecule has 1 aromatic rings. The van der Waals surface area contributed by atoms with Gasteiger partial charge in [-0.2, -0.15) is 0 Å². The van der Waals surface area contributed by atoms with Gasteiger partial charge in [-0.1, -0.05) is 24.3 Å². The molecule has 0 aromatic heterocycles. The van der Waals surface area contributed by atoms with Gasteiger partial charge in [0.1, 0.15) is 0 Å². The Morgan fingerprint density at radius 2 is 2.07 bits per heavy atom. The van der Waals surface area contributed by atoms with Crippen LogP contribution in [0.15, 0.2) is 24.3 Å². The number of halogens is 2. The first-order chi connectivity index (χ1) is 6.60. The van der Waals surface area contributed by atoms with Crippen LogP contribution in [0, 0.1) is 0 Å². The van der Waals surface area contributed by atoms with Crippen LogP contribution in [0.25, 0.3) is 0 Å². The number of rotatable bonds is 3. The summed E-state index contributed by atoms with van der Waals surface area (Å²) in [6, 6.07) is 7.25. The molecule has 1 aliphatic carbocycles. The highest BCUT2D eigenvalue weighted by atomic mass is 19.3. The predicted octanol–water partition coefficient (Wildman–Crippen LogP) is 2.44. The molecule has 1 saturated carbocycles. The lowest BCUT2D eigenvalue weighted by atomic mass is 10.0. The zero-order chi connectivity index (χ0) is 10.2. The van der Waals surface area contributed by atoms with Crippen LogP contribution >= 0.6 is 0 Å². The smallest absolute Gasteiger partial charge is 0.242 e. The van der Waals surface area contributed by atoms with Gasteiger partial charge in [-0.05, 0) is 24.0 Å². The molecule has 14 heavy (non-hydrogen) atoms.